The molecule has 8 nitrogen and oxygen atoms in total. The Labute approximate surface area is 132 Å². The summed E-state index contributed by atoms with van der Waals surface area (Å²) in [5.41, 5.74) is -0.726. The fourth-order valence-corrected chi connectivity index (χ4v) is 2.58. The fraction of sp³-hybridized carbons (Fsp3) is 0.400. The predicted octanol–water partition coefficient (Wildman–Crippen LogP) is 0.745. The third-order valence-corrected chi connectivity index (χ3v) is 3.82. The standard InChI is InChI=1S/C15H16N2O6/c1-3-21-12(18)7-17-13(19)15(2,16-14(17)20)9-4-5-10-11(6-9)23-8-22-10/h4-6H,3,7-8H2,1-2H3,(H,16,20)/t15-/m0/s1. The summed E-state index contributed by atoms with van der Waals surface area (Å²) in [6.45, 7) is 3.11. The van der Waals surface area contributed by atoms with Gasteiger partial charge in [-0.2, -0.15) is 0 Å². The van der Waals surface area contributed by atoms with Crippen LogP contribution in [0.1, 0.15) is 19.4 Å². The van der Waals surface area contributed by atoms with Gasteiger partial charge in [0, 0.05) is 0 Å². The van der Waals surface area contributed by atoms with Gasteiger partial charge >= 0.3 is 12.0 Å². The maximum Gasteiger partial charge on any atom is 0.326 e. The lowest BCUT2D eigenvalue weighted by atomic mass is 9.91. The Kier molecular flexibility index (Phi) is 3.59. The van der Waals surface area contributed by atoms with Crippen molar-refractivity contribution in [3.05, 3.63) is 23.8 Å². The first-order valence-electron chi connectivity index (χ1n) is 7.15. The van der Waals surface area contributed by atoms with Crippen LogP contribution >= 0.6 is 0 Å². The number of ether oxygens (including phenoxy) is 3. The van der Waals surface area contributed by atoms with Gasteiger partial charge in [-0.15, -0.1) is 0 Å². The summed E-state index contributed by atoms with van der Waals surface area (Å²) in [6, 6.07) is 4.37. The molecule has 3 rings (SSSR count). The summed E-state index contributed by atoms with van der Waals surface area (Å²) in [4.78, 5) is 37.1. The number of nitrogens with one attached hydrogen (secondary N) is 1. The largest absolute Gasteiger partial charge is 0.465 e. The Morgan fingerprint density at radius 1 is 1.35 bits per heavy atom. The molecule has 23 heavy (non-hydrogen) atoms. The fourth-order valence-electron chi connectivity index (χ4n) is 2.58. The van der Waals surface area contributed by atoms with Gasteiger partial charge in [0.05, 0.1) is 6.61 Å². The second-order valence-electron chi connectivity index (χ2n) is 5.32. The van der Waals surface area contributed by atoms with Gasteiger partial charge in [-0.1, -0.05) is 6.07 Å². The number of hydrogen-bond donors (Lipinski definition) is 1. The van der Waals surface area contributed by atoms with Gasteiger partial charge in [-0.25, -0.2) is 4.79 Å². The third kappa shape index (κ3) is 2.45. The van der Waals surface area contributed by atoms with Crippen molar-refractivity contribution in [1.82, 2.24) is 10.2 Å². The van der Waals surface area contributed by atoms with Crippen LogP contribution in [0.5, 0.6) is 11.5 Å². The van der Waals surface area contributed by atoms with Crippen LogP contribution in [0.3, 0.4) is 0 Å². The highest BCUT2D eigenvalue weighted by molar-refractivity contribution is 6.08. The van der Waals surface area contributed by atoms with E-state index >= 15 is 0 Å². The van der Waals surface area contributed by atoms with E-state index in [4.69, 9.17) is 14.2 Å². The average Bonchev–Trinajstić information content (AvgIpc) is 3.06. The van der Waals surface area contributed by atoms with Gasteiger partial charge in [0.2, 0.25) is 6.79 Å². The van der Waals surface area contributed by atoms with Crippen molar-refractivity contribution in [1.29, 1.82) is 0 Å². The van der Waals surface area contributed by atoms with Crippen molar-refractivity contribution in [3.8, 4) is 11.5 Å². The molecule has 0 spiro atoms. The minimum absolute atomic E-state index is 0.116. The van der Waals surface area contributed by atoms with Crippen molar-refractivity contribution in [2.75, 3.05) is 19.9 Å². The Morgan fingerprint density at radius 2 is 2.09 bits per heavy atom. The summed E-state index contributed by atoms with van der Waals surface area (Å²) in [5, 5.41) is 2.62. The molecule has 2 aliphatic rings. The molecule has 122 valence electrons. The molecule has 2 aliphatic heterocycles. The first-order chi connectivity index (χ1) is 11.0. The topological polar surface area (TPSA) is 94.2 Å². The number of esters is 1. The molecule has 0 bridgehead atoms. The number of carbonyl (C=O) groups is 3. The minimum Gasteiger partial charge on any atom is -0.465 e. The lowest BCUT2D eigenvalue weighted by Gasteiger charge is -2.22. The predicted molar refractivity (Wildman–Crippen MR) is 76.8 cm³/mol. The van der Waals surface area contributed by atoms with E-state index in [2.05, 4.69) is 5.32 Å². The second-order valence-corrected chi connectivity index (χ2v) is 5.32. The number of amides is 3. The zero-order chi connectivity index (χ0) is 16.6. The molecule has 0 aromatic heterocycles. The molecule has 0 saturated carbocycles. The number of carbonyl (C=O) groups excluding carboxylic acids is 3. The van der Waals surface area contributed by atoms with Gasteiger partial charge in [0.15, 0.2) is 11.5 Å². The molecule has 1 aromatic rings. The molecule has 1 aromatic carbocycles. The Bertz CT molecular complexity index is 689. The Morgan fingerprint density at radius 3 is 2.83 bits per heavy atom. The number of benzene rings is 1. The van der Waals surface area contributed by atoms with Gasteiger partial charge in [-0.3, -0.25) is 14.5 Å². The summed E-state index contributed by atoms with van der Waals surface area (Å²) < 4.78 is 15.3. The van der Waals surface area contributed by atoms with E-state index in [0.29, 0.717) is 17.1 Å². The molecule has 3 amide bonds. The zero-order valence-corrected chi connectivity index (χ0v) is 12.8. The smallest absolute Gasteiger partial charge is 0.326 e. The van der Waals surface area contributed by atoms with E-state index in [1.165, 1.54) is 0 Å². The number of fused-ring (bicyclic) bond motifs is 1. The second kappa shape index (κ2) is 5.45. The highest BCUT2D eigenvalue weighted by atomic mass is 16.7. The Balaban J connectivity index is 1.86. The van der Waals surface area contributed by atoms with Crippen molar-refractivity contribution in [2.24, 2.45) is 0 Å². The number of hydrogen-bond acceptors (Lipinski definition) is 6. The number of imide groups is 1. The van der Waals surface area contributed by atoms with Crippen LogP contribution in [0.4, 0.5) is 4.79 Å². The summed E-state index contributed by atoms with van der Waals surface area (Å²) in [7, 11) is 0. The zero-order valence-electron chi connectivity index (χ0n) is 12.8. The lowest BCUT2D eigenvalue weighted by Crippen LogP contribution is -2.41. The van der Waals surface area contributed by atoms with E-state index < -0.39 is 30.0 Å². The molecule has 0 unspecified atom stereocenters. The SMILES string of the molecule is CCOC(=O)CN1C(=O)N[C@@](C)(c2ccc3c(c2)OCO3)C1=O. The van der Waals surface area contributed by atoms with Crippen molar-refractivity contribution in [3.63, 3.8) is 0 Å². The molecule has 8 heteroatoms. The maximum absolute atomic E-state index is 12.6. The molecule has 0 radical (unpaired) electrons. The van der Waals surface area contributed by atoms with Gasteiger partial charge in [0.25, 0.3) is 5.91 Å². The van der Waals surface area contributed by atoms with E-state index in [1.54, 1.807) is 32.0 Å². The van der Waals surface area contributed by atoms with Crippen LogP contribution < -0.4 is 14.8 Å². The minimum atomic E-state index is -1.27. The summed E-state index contributed by atoms with van der Waals surface area (Å²) >= 11 is 0. The molecule has 1 fully saturated rings. The third-order valence-electron chi connectivity index (χ3n) is 3.82. The van der Waals surface area contributed by atoms with Crippen molar-refractivity contribution in [2.45, 2.75) is 19.4 Å². The van der Waals surface area contributed by atoms with E-state index in [9.17, 15) is 14.4 Å². The summed E-state index contributed by atoms with van der Waals surface area (Å²) in [5.74, 6) is -0.0625. The molecular weight excluding hydrogens is 304 g/mol. The molecule has 1 saturated heterocycles. The average molecular weight is 320 g/mol. The van der Waals surface area contributed by atoms with Crippen LogP contribution in [-0.2, 0) is 19.9 Å². The Hall–Kier alpha value is -2.77. The molecule has 1 atom stereocenters. The molecule has 0 aliphatic carbocycles. The monoisotopic (exact) mass is 320 g/mol. The first kappa shape index (κ1) is 15.1. The number of rotatable bonds is 4. The van der Waals surface area contributed by atoms with E-state index in [0.717, 1.165) is 4.90 Å². The number of nitrogens with zero attached hydrogens (tertiary/aromatic N) is 1. The lowest BCUT2D eigenvalue weighted by molar-refractivity contribution is -0.147. The number of urea groups is 1. The van der Waals surface area contributed by atoms with E-state index in [1.807, 2.05) is 0 Å². The van der Waals surface area contributed by atoms with Crippen molar-refractivity contribution < 1.29 is 28.6 Å². The quantitative estimate of drug-likeness (QED) is 0.650. The molecule has 2 heterocycles. The van der Waals surface area contributed by atoms with Crippen LogP contribution in [0.2, 0.25) is 0 Å². The van der Waals surface area contributed by atoms with E-state index in [-0.39, 0.29) is 13.4 Å². The normalized spacial score (nSPS) is 22.3. The van der Waals surface area contributed by atoms with Gasteiger partial charge < -0.3 is 19.5 Å². The summed E-state index contributed by atoms with van der Waals surface area (Å²) in [6.07, 6.45) is 0. The van der Waals surface area contributed by atoms with Gasteiger partial charge in [-0.05, 0) is 31.5 Å². The van der Waals surface area contributed by atoms with Crippen LogP contribution in [0.15, 0.2) is 18.2 Å². The molecular formula is C15H16N2O6. The van der Waals surface area contributed by atoms with Crippen LogP contribution in [0, 0.1) is 0 Å². The maximum atomic E-state index is 12.6. The van der Waals surface area contributed by atoms with Crippen molar-refractivity contribution >= 4 is 17.9 Å². The molecule has 1 N–H and O–H groups in total. The highest BCUT2D eigenvalue weighted by Gasteiger charge is 2.50. The van der Waals surface area contributed by atoms with Crippen LogP contribution in [-0.4, -0.2) is 42.8 Å². The first-order valence-corrected chi connectivity index (χ1v) is 7.15. The highest BCUT2D eigenvalue weighted by Crippen LogP contribution is 2.37. The van der Waals surface area contributed by atoms with Gasteiger partial charge in [0.1, 0.15) is 12.1 Å². The van der Waals surface area contributed by atoms with Crippen LogP contribution in [0.25, 0.3) is 0 Å².